The van der Waals surface area contributed by atoms with Gasteiger partial charge in [0.05, 0.1) is 11.1 Å². The molecule has 2 aromatic carbocycles. The number of pyridine rings is 1. The molecule has 2 amide bonds. The molecule has 0 aliphatic rings. The molecule has 0 spiro atoms. The normalized spacial score (nSPS) is 10.4. The van der Waals surface area contributed by atoms with Crippen LogP contribution < -0.4 is 15.6 Å². The van der Waals surface area contributed by atoms with Gasteiger partial charge in [0.1, 0.15) is 11.6 Å². The Hall–Kier alpha value is -3.48. The lowest BCUT2D eigenvalue weighted by Crippen LogP contribution is -2.43. The van der Waals surface area contributed by atoms with E-state index in [0.717, 1.165) is 0 Å². The highest BCUT2D eigenvalue weighted by Gasteiger charge is 2.13. The molecular formula is C19H16FN3O3. The van der Waals surface area contributed by atoms with Crippen molar-refractivity contribution < 1.29 is 18.7 Å². The smallest absolute Gasteiger partial charge is 0.276 e. The van der Waals surface area contributed by atoms with Crippen LogP contribution in [0.5, 0.6) is 5.75 Å². The summed E-state index contributed by atoms with van der Waals surface area (Å²) < 4.78 is 18.0. The monoisotopic (exact) mass is 353 g/mol. The van der Waals surface area contributed by atoms with Crippen molar-refractivity contribution in [2.75, 3.05) is 6.61 Å². The van der Waals surface area contributed by atoms with E-state index in [-0.39, 0.29) is 6.61 Å². The Labute approximate surface area is 149 Å². The Kier molecular flexibility index (Phi) is 5.07. The molecule has 0 fully saturated rings. The number of halogens is 1. The van der Waals surface area contributed by atoms with Gasteiger partial charge in [-0.05, 0) is 43.3 Å². The topological polar surface area (TPSA) is 80.3 Å². The molecule has 2 N–H and O–H groups in total. The predicted octanol–water partition coefficient (Wildman–Crippen LogP) is 2.52. The van der Waals surface area contributed by atoms with Crippen LogP contribution in [0, 0.1) is 12.7 Å². The first kappa shape index (κ1) is 17.3. The molecule has 6 nitrogen and oxygen atoms in total. The van der Waals surface area contributed by atoms with Gasteiger partial charge in [0.2, 0.25) is 0 Å². The summed E-state index contributed by atoms with van der Waals surface area (Å²) in [4.78, 5) is 28.6. The van der Waals surface area contributed by atoms with Gasteiger partial charge >= 0.3 is 0 Å². The van der Waals surface area contributed by atoms with Crippen molar-refractivity contribution in [2.45, 2.75) is 6.92 Å². The molecule has 0 aliphatic carbocycles. The number of hydrogen-bond acceptors (Lipinski definition) is 4. The van der Waals surface area contributed by atoms with Gasteiger partial charge in [-0.1, -0.05) is 18.2 Å². The number of carbonyl (C=O) groups is 2. The number of ether oxygens (including phenoxy) is 1. The number of rotatable bonds is 4. The maximum atomic E-state index is 12.8. The van der Waals surface area contributed by atoms with E-state index in [1.807, 2.05) is 18.2 Å². The second kappa shape index (κ2) is 7.60. The molecule has 0 saturated heterocycles. The van der Waals surface area contributed by atoms with Crippen LogP contribution in [0.1, 0.15) is 16.1 Å². The summed E-state index contributed by atoms with van der Waals surface area (Å²) in [6.45, 7) is 1.47. The summed E-state index contributed by atoms with van der Waals surface area (Å²) in [6.07, 6.45) is 0. The molecule has 0 aliphatic heterocycles. The highest BCUT2D eigenvalue weighted by Crippen LogP contribution is 2.17. The lowest BCUT2D eigenvalue weighted by Gasteiger charge is -2.11. The van der Waals surface area contributed by atoms with Gasteiger partial charge < -0.3 is 4.74 Å². The molecule has 132 valence electrons. The van der Waals surface area contributed by atoms with Crippen molar-refractivity contribution in [3.05, 3.63) is 71.7 Å². The number of nitrogens with zero attached hydrogens (tertiary/aromatic N) is 1. The van der Waals surface area contributed by atoms with Crippen LogP contribution in [0.15, 0.2) is 54.6 Å². The fourth-order valence-corrected chi connectivity index (χ4v) is 2.41. The average Bonchev–Trinajstić information content (AvgIpc) is 2.65. The maximum Gasteiger partial charge on any atom is 0.276 e. The van der Waals surface area contributed by atoms with Crippen LogP contribution in [-0.4, -0.2) is 23.4 Å². The minimum atomic E-state index is -0.544. The summed E-state index contributed by atoms with van der Waals surface area (Å²) in [7, 11) is 0. The third-order valence-electron chi connectivity index (χ3n) is 3.59. The standard InChI is InChI=1S/C19H16FN3O3/c1-12-10-16(15-4-2-3-5-17(15)21-12)19(25)23-22-18(24)11-26-14-8-6-13(20)7-9-14/h2-10H,11H2,1H3,(H,22,24)(H,23,25). The highest BCUT2D eigenvalue weighted by molar-refractivity contribution is 6.06. The molecule has 1 aromatic heterocycles. The quantitative estimate of drug-likeness (QED) is 0.707. The van der Waals surface area contributed by atoms with E-state index < -0.39 is 17.6 Å². The van der Waals surface area contributed by atoms with E-state index in [4.69, 9.17) is 4.74 Å². The number of fused-ring (bicyclic) bond motifs is 1. The summed E-state index contributed by atoms with van der Waals surface area (Å²) in [6, 6.07) is 14.2. The van der Waals surface area contributed by atoms with Gasteiger partial charge in [-0.15, -0.1) is 0 Å². The number of aryl methyl sites for hydroxylation is 1. The fourth-order valence-electron chi connectivity index (χ4n) is 2.41. The molecular weight excluding hydrogens is 337 g/mol. The van der Waals surface area contributed by atoms with Crippen molar-refractivity contribution >= 4 is 22.7 Å². The minimum absolute atomic E-state index is 0.317. The zero-order chi connectivity index (χ0) is 18.5. The molecule has 3 aromatic rings. The number of hydrazine groups is 1. The molecule has 7 heteroatoms. The second-order valence-electron chi connectivity index (χ2n) is 5.57. The Bertz CT molecular complexity index is 958. The number of para-hydroxylation sites is 1. The van der Waals surface area contributed by atoms with E-state index in [0.29, 0.717) is 27.9 Å². The van der Waals surface area contributed by atoms with Crippen molar-refractivity contribution in [1.29, 1.82) is 0 Å². The van der Waals surface area contributed by atoms with Gasteiger partial charge in [0.25, 0.3) is 11.8 Å². The van der Waals surface area contributed by atoms with Crippen LogP contribution in [0.25, 0.3) is 10.9 Å². The van der Waals surface area contributed by atoms with E-state index in [9.17, 15) is 14.0 Å². The van der Waals surface area contributed by atoms with Crippen LogP contribution in [0.3, 0.4) is 0 Å². The van der Waals surface area contributed by atoms with Crippen LogP contribution >= 0.6 is 0 Å². The Balaban J connectivity index is 1.60. The Morgan fingerprint density at radius 3 is 2.58 bits per heavy atom. The molecule has 0 radical (unpaired) electrons. The number of nitrogens with one attached hydrogen (secondary N) is 2. The molecule has 0 bridgehead atoms. The second-order valence-corrected chi connectivity index (χ2v) is 5.57. The zero-order valence-electron chi connectivity index (χ0n) is 14.0. The minimum Gasteiger partial charge on any atom is -0.484 e. The summed E-state index contributed by atoms with van der Waals surface area (Å²) in [5, 5.41) is 0.687. The summed E-state index contributed by atoms with van der Waals surface area (Å²) in [5.41, 5.74) is 6.45. The fraction of sp³-hybridized carbons (Fsp3) is 0.105. The first-order chi connectivity index (χ1) is 12.5. The van der Waals surface area contributed by atoms with E-state index in [1.54, 1.807) is 19.1 Å². The summed E-state index contributed by atoms with van der Waals surface area (Å²) in [5.74, 6) is -1.04. The number of hydrogen-bond donors (Lipinski definition) is 2. The summed E-state index contributed by atoms with van der Waals surface area (Å²) >= 11 is 0. The molecule has 0 saturated carbocycles. The lowest BCUT2D eigenvalue weighted by atomic mass is 10.1. The molecule has 0 unspecified atom stereocenters. The van der Waals surface area contributed by atoms with Crippen molar-refractivity contribution in [1.82, 2.24) is 15.8 Å². The lowest BCUT2D eigenvalue weighted by molar-refractivity contribution is -0.123. The number of benzene rings is 2. The maximum absolute atomic E-state index is 12.8. The predicted molar refractivity (Wildman–Crippen MR) is 94.0 cm³/mol. The van der Waals surface area contributed by atoms with Crippen molar-refractivity contribution in [3.8, 4) is 5.75 Å². The van der Waals surface area contributed by atoms with Gasteiger partial charge in [-0.3, -0.25) is 25.4 Å². The third-order valence-corrected chi connectivity index (χ3v) is 3.59. The number of aromatic nitrogens is 1. The number of amides is 2. The SMILES string of the molecule is Cc1cc(C(=O)NNC(=O)COc2ccc(F)cc2)c2ccccc2n1. The van der Waals surface area contributed by atoms with E-state index in [2.05, 4.69) is 15.8 Å². The van der Waals surface area contributed by atoms with Crippen LogP contribution in [0.2, 0.25) is 0 Å². The van der Waals surface area contributed by atoms with Crippen molar-refractivity contribution in [3.63, 3.8) is 0 Å². The highest BCUT2D eigenvalue weighted by atomic mass is 19.1. The molecule has 26 heavy (non-hydrogen) atoms. The van der Waals surface area contributed by atoms with E-state index >= 15 is 0 Å². The van der Waals surface area contributed by atoms with Gasteiger partial charge in [0, 0.05) is 11.1 Å². The first-order valence-electron chi connectivity index (χ1n) is 7.87. The van der Waals surface area contributed by atoms with E-state index in [1.165, 1.54) is 24.3 Å². The van der Waals surface area contributed by atoms with Crippen LogP contribution in [0.4, 0.5) is 4.39 Å². The Morgan fingerprint density at radius 2 is 1.81 bits per heavy atom. The van der Waals surface area contributed by atoms with Crippen molar-refractivity contribution in [2.24, 2.45) is 0 Å². The third kappa shape index (κ3) is 4.13. The van der Waals surface area contributed by atoms with Gasteiger partial charge in [-0.25, -0.2) is 4.39 Å². The average molecular weight is 353 g/mol. The molecule has 1 heterocycles. The largest absolute Gasteiger partial charge is 0.484 e. The number of carbonyl (C=O) groups excluding carboxylic acids is 2. The van der Waals surface area contributed by atoms with Gasteiger partial charge in [0.15, 0.2) is 6.61 Å². The van der Waals surface area contributed by atoms with Gasteiger partial charge in [-0.2, -0.15) is 0 Å². The Morgan fingerprint density at radius 1 is 1.08 bits per heavy atom. The van der Waals surface area contributed by atoms with Crippen LogP contribution in [-0.2, 0) is 4.79 Å². The zero-order valence-corrected chi connectivity index (χ0v) is 14.0. The molecule has 0 atom stereocenters. The molecule has 3 rings (SSSR count). The first-order valence-corrected chi connectivity index (χ1v) is 7.87.